The van der Waals surface area contributed by atoms with Crippen molar-refractivity contribution >= 4 is 18.0 Å². The Kier molecular flexibility index (Phi) is 5.33. The summed E-state index contributed by atoms with van der Waals surface area (Å²) in [5.74, 6) is 0. The Hall–Kier alpha value is -1.88. The molecule has 2 unspecified atom stereocenters. The molecule has 2 aliphatic heterocycles. The third kappa shape index (κ3) is 4.07. The van der Waals surface area contributed by atoms with Gasteiger partial charge in [0, 0.05) is 36.7 Å². The number of benzene rings is 2. The topological polar surface area (TPSA) is 35.6 Å². The summed E-state index contributed by atoms with van der Waals surface area (Å²) in [6.45, 7) is 3.81. The predicted molar refractivity (Wildman–Crippen MR) is 116 cm³/mol. The second kappa shape index (κ2) is 8.10. The predicted octanol–water partition coefficient (Wildman–Crippen LogP) is 3.75. The van der Waals surface area contributed by atoms with E-state index in [1.165, 1.54) is 35.1 Å². The lowest BCUT2D eigenvalue weighted by molar-refractivity contribution is -0.123. The van der Waals surface area contributed by atoms with Crippen LogP contribution in [0, 0.1) is 0 Å². The number of nitrogens with zero attached hydrogens (tertiary/aromatic N) is 2. The SMILES string of the molecule is O=CN1CCN(C2CC2)CC1c1ccc2c(c1)CCNC2Cc1ccc(Cl)cc1. The molecule has 2 heterocycles. The molecule has 29 heavy (non-hydrogen) atoms. The Morgan fingerprint density at radius 3 is 2.69 bits per heavy atom. The van der Waals surface area contributed by atoms with Gasteiger partial charge in [0.05, 0.1) is 6.04 Å². The van der Waals surface area contributed by atoms with E-state index in [4.69, 9.17) is 11.6 Å². The van der Waals surface area contributed by atoms with Crippen molar-refractivity contribution in [1.82, 2.24) is 15.1 Å². The lowest BCUT2D eigenvalue weighted by Crippen LogP contribution is -2.48. The van der Waals surface area contributed by atoms with Gasteiger partial charge in [0.25, 0.3) is 0 Å². The van der Waals surface area contributed by atoms with Gasteiger partial charge >= 0.3 is 0 Å². The first-order chi connectivity index (χ1) is 14.2. The lowest BCUT2D eigenvalue weighted by Gasteiger charge is -2.40. The molecule has 5 heteroatoms. The molecule has 2 fully saturated rings. The third-order valence-corrected chi connectivity index (χ3v) is 6.97. The van der Waals surface area contributed by atoms with Crippen LogP contribution in [0.25, 0.3) is 0 Å². The molecule has 1 amide bonds. The van der Waals surface area contributed by atoms with Gasteiger partial charge in [-0.05, 0) is 66.6 Å². The summed E-state index contributed by atoms with van der Waals surface area (Å²) < 4.78 is 0. The highest BCUT2D eigenvalue weighted by atomic mass is 35.5. The van der Waals surface area contributed by atoms with Gasteiger partial charge in [0.1, 0.15) is 0 Å². The first-order valence-electron chi connectivity index (χ1n) is 10.8. The van der Waals surface area contributed by atoms with Crippen molar-refractivity contribution in [2.24, 2.45) is 0 Å². The van der Waals surface area contributed by atoms with Crippen LogP contribution in [-0.4, -0.2) is 48.4 Å². The van der Waals surface area contributed by atoms with Gasteiger partial charge in [-0.3, -0.25) is 9.69 Å². The van der Waals surface area contributed by atoms with Crippen LogP contribution in [0.1, 0.15) is 47.2 Å². The molecule has 2 atom stereocenters. The highest BCUT2D eigenvalue weighted by molar-refractivity contribution is 6.30. The van der Waals surface area contributed by atoms with Gasteiger partial charge in [-0.1, -0.05) is 41.9 Å². The van der Waals surface area contributed by atoms with E-state index in [0.29, 0.717) is 6.04 Å². The van der Waals surface area contributed by atoms with E-state index in [-0.39, 0.29) is 6.04 Å². The maximum absolute atomic E-state index is 11.7. The second-order valence-corrected chi connectivity index (χ2v) is 9.07. The summed E-state index contributed by atoms with van der Waals surface area (Å²) in [5, 5.41) is 4.46. The van der Waals surface area contributed by atoms with Gasteiger partial charge in [0.2, 0.25) is 6.41 Å². The molecule has 0 spiro atoms. The Bertz CT molecular complexity index is 880. The number of amides is 1. The van der Waals surface area contributed by atoms with E-state index >= 15 is 0 Å². The Morgan fingerprint density at radius 2 is 1.93 bits per heavy atom. The number of piperazine rings is 1. The Morgan fingerprint density at radius 1 is 1.10 bits per heavy atom. The van der Waals surface area contributed by atoms with Crippen molar-refractivity contribution in [3.8, 4) is 0 Å². The first kappa shape index (κ1) is 19.1. The first-order valence-corrected chi connectivity index (χ1v) is 11.1. The van der Waals surface area contributed by atoms with Crippen molar-refractivity contribution in [2.75, 3.05) is 26.2 Å². The van der Waals surface area contributed by atoms with Gasteiger partial charge in [0.15, 0.2) is 0 Å². The summed E-state index contributed by atoms with van der Waals surface area (Å²) in [6, 6.07) is 16.3. The monoisotopic (exact) mass is 409 g/mol. The number of rotatable bonds is 5. The quantitative estimate of drug-likeness (QED) is 0.764. The molecule has 0 aromatic heterocycles. The van der Waals surface area contributed by atoms with E-state index in [0.717, 1.165) is 56.5 Å². The summed E-state index contributed by atoms with van der Waals surface area (Å²) in [6.07, 6.45) is 5.68. The Balaban J connectivity index is 1.38. The summed E-state index contributed by atoms with van der Waals surface area (Å²) in [4.78, 5) is 16.3. The minimum atomic E-state index is 0.178. The van der Waals surface area contributed by atoms with Gasteiger partial charge < -0.3 is 10.2 Å². The number of fused-ring (bicyclic) bond motifs is 1. The lowest BCUT2D eigenvalue weighted by atomic mass is 9.87. The molecule has 2 aromatic carbocycles. The second-order valence-electron chi connectivity index (χ2n) is 8.63. The molecular weight excluding hydrogens is 382 g/mol. The zero-order chi connectivity index (χ0) is 19.8. The molecule has 2 aromatic rings. The highest BCUT2D eigenvalue weighted by Crippen LogP contribution is 2.35. The number of carbonyl (C=O) groups is 1. The average Bonchev–Trinajstić information content (AvgIpc) is 3.60. The molecule has 0 radical (unpaired) electrons. The smallest absolute Gasteiger partial charge is 0.210 e. The molecule has 3 aliphatic rings. The molecule has 0 bridgehead atoms. The number of nitrogens with one attached hydrogen (secondary N) is 1. The van der Waals surface area contributed by atoms with Gasteiger partial charge in [-0.25, -0.2) is 0 Å². The minimum absolute atomic E-state index is 0.178. The molecule has 5 rings (SSSR count). The van der Waals surface area contributed by atoms with Crippen LogP contribution in [0.2, 0.25) is 5.02 Å². The average molecular weight is 410 g/mol. The molecule has 1 saturated carbocycles. The van der Waals surface area contributed by atoms with E-state index in [2.05, 4.69) is 40.5 Å². The molecule has 1 aliphatic carbocycles. The van der Waals surface area contributed by atoms with E-state index in [1.807, 2.05) is 17.0 Å². The van der Waals surface area contributed by atoms with Gasteiger partial charge in [-0.2, -0.15) is 0 Å². The van der Waals surface area contributed by atoms with Crippen LogP contribution in [0.4, 0.5) is 0 Å². The summed E-state index contributed by atoms with van der Waals surface area (Å²) in [5.41, 5.74) is 5.40. The Labute approximate surface area is 177 Å². The van der Waals surface area contributed by atoms with Crippen LogP contribution in [0.15, 0.2) is 42.5 Å². The molecule has 1 N–H and O–H groups in total. The normalized spacial score (nSPS) is 24.9. The summed E-state index contributed by atoms with van der Waals surface area (Å²) >= 11 is 6.04. The maximum atomic E-state index is 11.7. The number of hydrogen-bond acceptors (Lipinski definition) is 3. The third-order valence-electron chi connectivity index (χ3n) is 6.72. The van der Waals surface area contributed by atoms with Crippen molar-refractivity contribution in [2.45, 2.75) is 43.8 Å². The van der Waals surface area contributed by atoms with Crippen LogP contribution in [-0.2, 0) is 17.6 Å². The fourth-order valence-electron chi connectivity index (χ4n) is 4.93. The van der Waals surface area contributed by atoms with Gasteiger partial charge in [-0.15, -0.1) is 0 Å². The standard InChI is InChI=1S/C24H28ClN3O/c25-20-4-1-17(2-5-20)13-23-22-8-3-19(14-18(22)9-10-26-23)24-15-27(21-6-7-21)11-12-28(24)16-29/h1-5,8,14,16,21,23-24,26H,6-7,9-13,15H2. The summed E-state index contributed by atoms with van der Waals surface area (Å²) in [7, 11) is 0. The van der Waals surface area contributed by atoms with Crippen molar-refractivity contribution in [3.63, 3.8) is 0 Å². The highest BCUT2D eigenvalue weighted by Gasteiger charge is 2.36. The number of halogens is 1. The van der Waals surface area contributed by atoms with Crippen LogP contribution in [0.5, 0.6) is 0 Å². The van der Waals surface area contributed by atoms with Crippen LogP contribution in [0.3, 0.4) is 0 Å². The molecule has 4 nitrogen and oxygen atoms in total. The molecule has 1 saturated heterocycles. The van der Waals surface area contributed by atoms with Crippen molar-refractivity contribution in [3.05, 3.63) is 69.7 Å². The number of hydrogen-bond donors (Lipinski definition) is 1. The fraction of sp³-hybridized carbons (Fsp3) is 0.458. The minimum Gasteiger partial charge on any atom is -0.336 e. The van der Waals surface area contributed by atoms with E-state index in [1.54, 1.807) is 0 Å². The van der Waals surface area contributed by atoms with Crippen LogP contribution < -0.4 is 5.32 Å². The fourth-order valence-corrected chi connectivity index (χ4v) is 5.06. The van der Waals surface area contributed by atoms with E-state index in [9.17, 15) is 4.79 Å². The molecular formula is C24H28ClN3O. The largest absolute Gasteiger partial charge is 0.336 e. The maximum Gasteiger partial charge on any atom is 0.210 e. The van der Waals surface area contributed by atoms with Crippen LogP contribution >= 0.6 is 11.6 Å². The van der Waals surface area contributed by atoms with E-state index < -0.39 is 0 Å². The number of carbonyl (C=O) groups excluding carboxylic acids is 1. The van der Waals surface area contributed by atoms with Crippen molar-refractivity contribution < 1.29 is 4.79 Å². The zero-order valence-corrected chi connectivity index (χ0v) is 17.4. The molecule has 152 valence electrons. The van der Waals surface area contributed by atoms with Crippen molar-refractivity contribution in [1.29, 1.82) is 0 Å². The zero-order valence-electron chi connectivity index (χ0n) is 16.7.